The first-order valence-electron chi connectivity index (χ1n) is 12.9. The minimum atomic E-state index is -0.185. The Bertz CT molecular complexity index is 1230. The maximum absolute atomic E-state index is 12.4. The van der Waals surface area contributed by atoms with Crippen LogP contribution in [0.3, 0.4) is 0 Å². The summed E-state index contributed by atoms with van der Waals surface area (Å²) in [5.41, 5.74) is 1.55. The van der Waals surface area contributed by atoms with Gasteiger partial charge >= 0.3 is 5.97 Å². The second-order valence-electron chi connectivity index (χ2n) is 9.29. The minimum Gasteiger partial charge on any atom is -0.462 e. The molecule has 0 spiro atoms. The van der Waals surface area contributed by atoms with Gasteiger partial charge in [-0.2, -0.15) is 0 Å². The third kappa shape index (κ3) is 7.62. The summed E-state index contributed by atoms with van der Waals surface area (Å²) in [5.74, 6) is 1.08. The zero-order valence-electron chi connectivity index (χ0n) is 21.4. The summed E-state index contributed by atoms with van der Waals surface area (Å²) in [6, 6.07) is 0. The Morgan fingerprint density at radius 1 is 0.865 bits per heavy atom. The van der Waals surface area contributed by atoms with Crippen LogP contribution >= 0.6 is 0 Å². The molecule has 1 aliphatic rings. The van der Waals surface area contributed by atoms with Crippen LogP contribution in [0.15, 0.2) is 50.3 Å². The molecular weight excluding hydrogens is 474 g/mol. The fourth-order valence-electron chi connectivity index (χ4n) is 4.11. The fraction of sp³-hybridized carbons (Fsp3) is 0.464. The van der Waals surface area contributed by atoms with Gasteiger partial charge in [0.2, 0.25) is 17.7 Å². The van der Waals surface area contributed by atoms with Crippen LogP contribution in [-0.4, -0.2) is 32.8 Å². The summed E-state index contributed by atoms with van der Waals surface area (Å²) < 4.78 is 22.4. The first-order chi connectivity index (χ1) is 18.0. The van der Waals surface area contributed by atoms with Gasteiger partial charge in [-0.1, -0.05) is 32.4 Å². The lowest BCUT2D eigenvalue weighted by Gasteiger charge is -2.23. The number of hydrogen-bond acceptors (Lipinski definition) is 9. The van der Waals surface area contributed by atoms with E-state index in [0.717, 1.165) is 25.7 Å². The second kappa shape index (κ2) is 13.0. The number of ketones is 1. The van der Waals surface area contributed by atoms with E-state index < -0.39 is 0 Å². The number of fused-ring (bicyclic) bond motifs is 8. The normalized spacial score (nSPS) is 22.0. The van der Waals surface area contributed by atoms with Crippen molar-refractivity contribution in [2.45, 2.75) is 77.7 Å². The Morgan fingerprint density at radius 2 is 1.62 bits per heavy atom. The van der Waals surface area contributed by atoms with Gasteiger partial charge in [-0.05, 0) is 50.2 Å². The molecule has 0 N–H and O–H groups in total. The summed E-state index contributed by atoms with van der Waals surface area (Å²) in [4.78, 5) is 37.9. The van der Waals surface area contributed by atoms with Crippen molar-refractivity contribution in [2.24, 2.45) is 5.92 Å². The molecule has 0 fully saturated rings. The zero-order valence-corrected chi connectivity index (χ0v) is 21.4. The molecule has 9 heteroatoms. The summed E-state index contributed by atoms with van der Waals surface area (Å²) in [7, 11) is 0. The average Bonchev–Trinajstić information content (AvgIpc) is 3.64. The standard InChI is InChI=1S/C28H33N3O6/c1-3-9-24-19(2)10-7-8-12-25-30-22(17-34-25)28-31-23(18-36-28)27-29-20(16-35-27)14-15-21(32)11-5-4-6-13-26(33)37-24/h5,8,11-12,16-19,24H,3-4,6-7,9-10,13-15H2,1-2H3/b11-5-,12-8-. The summed E-state index contributed by atoms with van der Waals surface area (Å²) >= 11 is 0. The number of esters is 1. The van der Waals surface area contributed by atoms with E-state index in [1.807, 2.05) is 18.2 Å². The third-order valence-electron chi connectivity index (χ3n) is 6.24. The molecule has 0 saturated heterocycles. The van der Waals surface area contributed by atoms with E-state index in [0.29, 0.717) is 66.9 Å². The number of cyclic esters (lactones) is 1. The van der Waals surface area contributed by atoms with Crippen LogP contribution in [0.1, 0.15) is 76.8 Å². The highest BCUT2D eigenvalue weighted by Crippen LogP contribution is 2.25. The van der Waals surface area contributed by atoms with Crippen LogP contribution in [0.5, 0.6) is 0 Å². The van der Waals surface area contributed by atoms with Crippen LogP contribution in [0.2, 0.25) is 0 Å². The topological polar surface area (TPSA) is 121 Å². The van der Waals surface area contributed by atoms with Crippen molar-refractivity contribution in [1.82, 2.24) is 15.0 Å². The number of carbonyl (C=O) groups is 2. The van der Waals surface area contributed by atoms with Crippen LogP contribution < -0.4 is 0 Å². The van der Waals surface area contributed by atoms with Gasteiger partial charge in [0.15, 0.2) is 17.2 Å². The Hall–Kier alpha value is -3.75. The van der Waals surface area contributed by atoms with Gasteiger partial charge in [-0.15, -0.1) is 0 Å². The summed E-state index contributed by atoms with van der Waals surface area (Å²) in [6.45, 7) is 4.21. The number of aromatic nitrogens is 3. The van der Waals surface area contributed by atoms with Gasteiger partial charge < -0.3 is 18.0 Å². The predicted octanol–water partition coefficient (Wildman–Crippen LogP) is 6.37. The molecule has 6 bridgehead atoms. The van der Waals surface area contributed by atoms with Gasteiger partial charge in [0.25, 0.3) is 0 Å². The molecule has 4 rings (SSSR count). The van der Waals surface area contributed by atoms with E-state index in [4.69, 9.17) is 18.0 Å². The Balaban J connectivity index is 1.48. The molecule has 1 aliphatic heterocycles. The van der Waals surface area contributed by atoms with E-state index in [2.05, 4.69) is 28.8 Å². The van der Waals surface area contributed by atoms with Crippen molar-refractivity contribution >= 4 is 17.8 Å². The van der Waals surface area contributed by atoms with E-state index in [1.165, 1.54) is 18.8 Å². The number of oxazole rings is 3. The maximum Gasteiger partial charge on any atom is 0.306 e. The number of nitrogens with zero attached hydrogens (tertiary/aromatic N) is 3. The van der Waals surface area contributed by atoms with E-state index in [-0.39, 0.29) is 23.8 Å². The van der Waals surface area contributed by atoms with Crippen molar-refractivity contribution in [3.8, 4) is 23.2 Å². The van der Waals surface area contributed by atoms with E-state index in [1.54, 1.807) is 6.08 Å². The summed E-state index contributed by atoms with van der Waals surface area (Å²) in [5, 5.41) is 0. The van der Waals surface area contributed by atoms with Crippen molar-refractivity contribution in [2.75, 3.05) is 0 Å². The second-order valence-corrected chi connectivity index (χ2v) is 9.29. The monoisotopic (exact) mass is 507 g/mol. The molecule has 0 amide bonds. The maximum atomic E-state index is 12.4. The first kappa shape index (κ1) is 26.3. The SMILES string of the molecule is CCCC1OC(=O)CCC/C=C\C(=O)CCc2coc(n2)-c2coc(n2)-c2coc(n2)/C=C\CCC1C. The molecule has 0 radical (unpaired) electrons. The molecule has 196 valence electrons. The van der Waals surface area contributed by atoms with E-state index >= 15 is 0 Å². The number of carbonyl (C=O) groups excluding carboxylic acids is 2. The molecule has 3 aromatic heterocycles. The highest BCUT2D eigenvalue weighted by atomic mass is 16.5. The van der Waals surface area contributed by atoms with Crippen molar-refractivity contribution in [3.05, 3.63) is 48.6 Å². The number of allylic oxidation sites excluding steroid dienone is 3. The molecule has 0 aromatic carbocycles. The van der Waals surface area contributed by atoms with Crippen molar-refractivity contribution in [1.29, 1.82) is 0 Å². The van der Waals surface area contributed by atoms with Crippen LogP contribution in [-0.2, 0) is 20.7 Å². The molecular formula is C28H33N3O6. The Morgan fingerprint density at radius 3 is 2.49 bits per heavy atom. The van der Waals surface area contributed by atoms with E-state index in [9.17, 15) is 9.59 Å². The molecule has 2 atom stereocenters. The van der Waals surface area contributed by atoms with Crippen LogP contribution in [0, 0.1) is 5.92 Å². The predicted molar refractivity (Wildman–Crippen MR) is 136 cm³/mol. The number of hydrogen-bond donors (Lipinski definition) is 0. The smallest absolute Gasteiger partial charge is 0.306 e. The van der Waals surface area contributed by atoms with Crippen molar-refractivity contribution < 1.29 is 27.6 Å². The molecule has 0 aliphatic carbocycles. The summed E-state index contributed by atoms with van der Waals surface area (Å²) in [6.07, 6.45) is 17.4. The Kier molecular flexibility index (Phi) is 9.24. The van der Waals surface area contributed by atoms with Gasteiger partial charge in [0, 0.05) is 19.3 Å². The van der Waals surface area contributed by atoms with Crippen molar-refractivity contribution in [3.63, 3.8) is 0 Å². The van der Waals surface area contributed by atoms with Gasteiger partial charge in [-0.3, -0.25) is 9.59 Å². The highest BCUT2D eigenvalue weighted by molar-refractivity contribution is 5.89. The highest BCUT2D eigenvalue weighted by Gasteiger charge is 2.20. The lowest BCUT2D eigenvalue weighted by atomic mass is 9.95. The number of aryl methyl sites for hydroxylation is 1. The van der Waals surface area contributed by atoms with Gasteiger partial charge in [0.1, 0.15) is 24.9 Å². The molecule has 9 nitrogen and oxygen atoms in total. The molecule has 37 heavy (non-hydrogen) atoms. The zero-order chi connectivity index (χ0) is 26.0. The Labute approximate surface area is 216 Å². The molecule has 2 unspecified atom stereocenters. The lowest BCUT2D eigenvalue weighted by Crippen LogP contribution is -2.25. The molecule has 3 aromatic rings. The molecule has 0 saturated carbocycles. The van der Waals surface area contributed by atoms with Gasteiger partial charge in [0.05, 0.1) is 5.69 Å². The number of rotatable bonds is 2. The quantitative estimate of drug-likeness (QED) is 0.364. The van der Waals surface area contributed by atoms with Crippen LogP contribution in [0.25, 0.3) is 29.2 Å². The minimum absolute atomic E-state index is 0.00588. The largest absolute Gasteiger partial charge is 0.462 e. The number of ether oxygens (including phenoxy) is 1. The van der Waals surface area contributed by atoms with Gasteiger partial charge in [-0.25, -0.2) is 15.0 Å². The lowest BCUT2D eigenvalue weighted by molar-refractivity contribution is -0.152. The fourth-order valence-corrected chi connectivity index (χ4v) is 4.11. The first-order valence-corrected chi connectivity index (χ1v) is 12.9. The third-order valence-corrected chi connectivity index (χ3v) is 6.24. The average molecular weight is 508 g/mol. The molecule has 4 heterocycles. The van der Waals surface area contributed by atoms with Crippen LogP contribution in [0.4, 0.5) is 0 Å².